The molecule has 2 bridgehead atoms. The minimum absolute atomic E-state index is 0.0440. The maximum Gasteiger partial charge on any atom is 0.315 e. The van der Waals surface area contributed by atoms with Crippen molar-refractivity contribution in [2.75, 3.05) is 6.54 Å². The molecule has 3 rings (SSSR count). The molecule has 0 aromatic carbocycles. The minimum atomic E-state index is 0.0440. The summed E-state index contributed by atoms with van der Waals surface area (Å²) < 4.78 is 0. The van der Waals surface area contributed by atoms with Crippen molar-refractivity contribution in [3.63, 3.8) is 0 Å². The van der Waals surface area contributed by atoms with Gasteiger partial charge in [0, 0.05) is 12.6 Å². The predicted octanol–water partition coefficient (Wildman–Crippen LogP) is 2.52. The van der Waals surface area contributed by atoms with Crippen molar-refractivity contribution < 1.29 is 4.79 Å². The van der Waals surface area contributed by atoms with Crippen molar-refractivity contribution in [3.05, 3.63) is 0 Å². The fourth-order valence-electron chi connectivity index (χ4n) is 3.84. The topological polar surface area (TPSA) is 41.1 Å². The summed E-state index contributed by atoms with van der Waals surface area (Å²) in [5.74, 6) is 3.58. The fraction of sp³-hybridized carbons (Fsp3) is 0.929. The van der Waals surface area contributed by atoms with E-state index in [1.165, 1.54) is 32.1 Å². The van der Waals surface area contributed by atoms with E-state index in [2.05, 4.69) is 17.6 Å². The highest BCUT2D eigenvalue weighted by Crippen LogP contribution is 2.49. The second kappa shape index (κ2) is 4.51. The molecule has 0 unspecified atom stereocenters. The molecule has 17 heavy (non-hydrogen) atoms. The van der Waals surface area contributed by atoms with E-state index in [9.17, 15) is 4.79 Å². The summed E-state index contributed by atoms with van der Waals surface area (Å²) in [4.78, 5) is 11.6. The molecule has 0 aliphatic heterocycles. The number of urea groups is 1. The number of carbonyl (C=O) groups excluding carboxylic acids is 1. The number of hydrogen-bond donors (Lipinski definition) is 2. The first-order valence-corrected chi connectivity index (χ1v) is 7.26. The Hall–Kier alpha value is -0.730. The van der Waals surface area contributed by atoms with Gasteiger partial charge < -0.3 is 10.6 Å². The van der Waals surface area contributed by atoms with E-state index >= 15 is 0 Å². The van der Waals surface area contributed by atoms with E-state index in [4.69, 9.17) is 0 Å². The molecule has 3 saturated carbocycles. The minimum Gasteiger partial charge on any atom is -0.338 e. The zero-order chi connectivity index (χ0) is 11.8. The van der Waals surface area contributed by atoms with Gasteiger partial charge in [-0.05, 0) is 55.8 Å². The van der Waals surface area contributed by atoms with Gasteiger partial charge in [0.1, 0.15) is 0 Å². The SMILES string of the molecule is C[C@@H]1C[C@H]1NC(=O)NCC[C@@H]1C[C@H]2CC[C@H]1C2. The molecule has 3 heteroatoms. The molecule has 2 N–H and O–H groups in total. The average Bonchev–Trinajstić information content (AvgIpc) is 2.75. The van der Waals surface area contributed by atoms with E-state index in [0.29, 0.717) is 12.0 Å². The van der Waals surface area contributed by atoms with Gasteiger partial charge in [-0.2, -0.15) is 0 Å². The van der Waals surface area contributed by atoms with Crippen molar-refractivity contribution in [1.82, 2.24) is 10.6 Å². The molecule has 0 heterocycles. The summed E-state index contributed by atoms with van der Waals surface area (Å²) in [6.07, 6.45) is 8.15. The Balaban J connectivity index is 1.31. The molecular weight excluding hydrogens is 212 g/mol. The Morgan fingerprint density at radius 1 is 1.24 bits per heavy atom. The normalized spacial score (nSPS) is 42.5. The van der Waals surface area contributed by atoms with Crippen LogP contribution < -0.4 is 10.6 Å². The summed E-state index contributed by atoms with van der Waals surface area (Å²) in [6, 6.07) is 0.486. The Morgan fingerprint density at radius 3 is 2.65 bits per heavy atom. The molecule has 2 amide bonds. The molecule has 0 spiro atoms. The molecule has 0 aromatic heterocycles. The standard InChI is InChI=1S/C14H24N2O/c1-9-6-13(9)16-14(17)15-5-4-12-8-10-2-3-11(12)7-10/h9-13H,2-8H2,1H3,(H2,15,16,17)/t9-,10+,11+,12-,13-/m1/s1. The average molecular weight is 236 g/mol. The molecule has 0 radical (unpaired) electrons. The van der Waals surface area contributed by atoms with Gasteiger partial charge in [-0.3, -0.25) is 0 Å². The molecule has 0 aromatic rings. The van der Waals surface area contributed by atoms with Gasteiger partial charge in [-0.25, -0.2) is 4.79 Å². The first kappa shape index (κ1) is 11.4. The van der Waals surface area contributed by atoms with Crippen LogP contribution in [0.15, 0.2) is 0 Å². The molecular formula is C14H24N2O. The number of fused-ring (bicyclic) bond motifs is 2. The van der Waals surface area contributed by atoms with Crippen molar-refractivity contribution >= 4 is 6.03 Å². The van der Waals surface area contributed by atoms with Gasteiger partial charge in [0.25, 0.3) is 0 Å². The van der Waals surface area contributed by atoms with Crippen LogP contribution in [-0.2, 0) is 0 Å². The molecule has 3 aliphatic carbocycles. The molecule has 3 nitrogen and oxygen atoms in total. The van der Waals surface area contributed by atoms with Crippen LogP contribution in [0.1, 0.15) is 45.4 Å². The highest BCUT2D eigenvalue weighted by molar-refractivity contribution is 5.74. The lowest BCUT2D eigenvalue weighted by Gasteiger charge is -2.21. The molecule has 0 saturated heterocycles. The number of hydrogen-bond acceptors (Lipinski definition) is 1. The van der Waals surface area contributed by atoms with Crippen LogP contribution in [-0.4, -0.2) is 18.6 Å². The smallest absolute Gasteiger partial charge is 0.315 e. The number of carbonyl (C=O) groups is 1. The van der Waals surface area contributed by atoms with Gasteiger partial charge in [-0.15, -0.1) is 0 Å². The Bertz CT molecular complexity index is 305. The van der Waals surface area contributed by atoms with Crippen molar-refractivity contribution in [1.29, 1.82) is 0 Å². The summed E-state index contributed by atoms with van der Waals surface area (Å²) >= 11 is 0. The van der Waals surface area contributed by atoms with Gasteiger partial charge in [-0.1, -0.05) is 13.3 Å². The van der Waals surface area contributed by atoms with Gasteiger partial charge in [0.2, 0.25) is 0 Å². The zero-order valence-corrected chi connectivity index (χ0v) is 10.7. The first-order chi connectivity index (χ1) is 8.22. The van der Waals surface area contributed by atoms with E-state index < -0.39 is 0 Å². The zero-order valence-electron chi connectivity index (χ0n) is 10.7. The summed E-state index contributed by atoms with van der Waals surface area (Å²) in [7, 11) is 0. The third-order valence-electron chi connectivity index (χ3n) is 5.11. The molecule has 96 valence electrons. The summed E-state index contributed by atoms with van der Waals surface area (Å²) in [5.41, 5.74) is 0. The first-order valence-electron chi connectivity index (χ1n) is 7.26. The highest BCUT2D eigenvalue weighted by atomic mass is 16.2. The number of rotatable bonds is 4. The lowest BCUT2D eigenvalue weighted by Crippen LogP contribution is -2.38. The van der Waals surface area contributed by atoms with Crippen molar-refractivity contribution in [2.45, 2.75) is 51.5 Å². The second-order valence-corrected chi connectivity index (χ2v) is 6.44. The van der Waals surface area contributed by atoms with Gasteiger partial charge in [0.05, 0.1) is 0 Å². The van der Waals surface area contributed by atoms with Crippen LogP contribution in [0.5, 0.6) is 0 Å². The van der Waals surface area contributed by atoms with Gasteiger partial charge in [0.15, 0.2) is 0 Å². The summed E-state index contributed by atoms with van der Waals surface area (Å²) in [6.45, 7) is 3.04. The van der Waals surface area contributed by atoms with E-state index in [1.807, 2.05) is 0 Å². The van der Waals surface area contributed by atoms with Crippen LogP contribution in [0.2, 0.25) is 0 Å². The molecule has 5 atom stereocenters. The van der Waals surface area contributed by atoms with Crippen LogP contribution in [0, 0.1) is 23.7 Å². The largest absolute Gasteiger partial charge is 0.338 e. The second-order valence-electron chi connectivity index (χ2n) is 6.44. The van der Waals surface area contributed by atoms with E-state index in [-0.39, 0.29) is 6.03 Å². The van der Waals surface area contributed by atoms with Gasteiger partial charge >= 0.3 is 6.03 Å². The Labute approximate surface area is 104 Å². The number of amides is 2. The summed E-state index contributed by atoms with van der Waals surface area (Å²) in [5, 5.41) is 6.02. The monoisotopic (exact) mass is 236 g/mol. The van der Waals surface area contributed by atoms with Crippen LogP contribution >= 0.6 is 0 Å². The van der Waals surface area contributed by atoms with Crippen LogP contribution in [0.4, 0.5) is 4.79 Å². The van der Waals surface area contributed by atoms with Crippen molar-refractivity contribution in [3.8, 4) is 0 Å². The van der Waals surface area contributed by atoms with E-state index in [0.717, 1.165) is 30.7 Å². The third-order valence-corrected chi connectivity index (χ3v) is 5.11. The maximum absolute atomic E-state index is 11.6. The molecule has 3 fully saturated rings. The molecule has 3 aliphatic rings. The van der Waals surface area contributed by atoms with E-state index in [1.54, 1.807) is 0 Å². The Morgan fingerprint density at radius 2 is 2.06 bits per heavy atom. The number of nitrogens with one attached hydrogen (secondary N) is 2. The highest BCUT2D eigenvalue weighted by Gasteiger charge is 2.39. The van der Waals surface area contributed by atoms with Crippen molar-refractivity contribution in [2.24, 2.45) is 23.7 Å². The Kier molecular flexibility index (Phi) is 3.01. The quantitative estimate of drug-likeness (QED) is 0.773. The van der Waals surface area contributed by atoms with Crippen LogP contribution in [0.25, 0.3) is 0 Å². The predicted molar refractivity (Wildman–Crippen MR) is 67.7 cm³/mol. The lowest BCUT2D eigenvalue weighted by atomic mass is 9.86. The lowest BCUT2D eigenvalue weighted by molar-refractivity contribution is 0.237. The fourth-order valence-corrected chi connectivity index (χ4v) is 3.84. The van der Waals surface area contributed by atoms with Crippen LogP contribution in [0.3, 0.4) is 0 Å². The maximum atomic E-state index is 11.6. The third kappa shape index (κ3) is 2.58.